The summed E-state index contributed by atoms with van der Waals surface area (Å²) in [5.41, 5.74) is 0.421. The summed E-state index contributed by atoms with van der Waals surface area (Å²) in [7, 11) is -3.62. The second-order valence-corrected chi connectivity index (χ2v) is 9.55. The molecule has 4 atom stereocenters. The first-order valence-corrected chi connectivity index (χ1v) is 11.1. The van der Waals surface area contributed by atoms with Crippen molar-refractivity contribution in [3.8, 4) is 0 Å². The van der Waals surface area contributed by atoms with E-state index < -0.39 is 16.1 Å². The van der Waals surface area contributed by atoms with E-state index in [1.165, 1.54) is 17.1 Å². The summed E-state index contributed by atoms with van der Waals surface area (Å²) in [4.78, 5) is 12.9. The molecule has 5 nitrogen and oxygen atoms in total. The van der Waals surface area contributed by atoms with Gasteiger partial charge in [0.05, 0.1) is 11.9 Å². The first-order chi connectivity index (χ1) is 11.8. The number of fused-ring (bicyclic) bond motifs is 2. The lowest BCUT2D eigenvalue weighted by Crippen LogP contribution is -2.52. The summed E-state index contributed by atoms with van der Waals surface area (Å²) < 4.78 is 26.0. The fourth-order valence-electron chi connectivity index (χ4n) is 4.37. The maximum absolute atomic E-state index is 12.9. The van der Waals surface area contributed by atoms with Gasteiger partial charge in [-0.3, -0.25) is 9.10 Å². The molecule has 0 spiro atoms. The summed E-state index contributed by atoms with van der Waals surface area (Å²) in [5.74, 6) is 1.05. The van der Waals surface area contributed by atoms with Gasteiger partial charge >= 0.3 is 0 Å². The van der Waals surface area contributed by atoms with Crippen molar-refractivity contribution in [3.05, 3.63) is 29.3 Å². The number of amides is 1. The monoisotopic (exact) mass is 384 g/mol. The van der Waals surface area contributed by atoms with Crippen LogP contribution in [0.25, 0.3) is 0 Å². The molecule has 0 aliphatic heterocycles. The fraction of sp³-hybridized carbons (Fsp3) is 0.611. The number of halogens is 1. The number of hydrogen-bond acceptors (Lipinski definition) is 3. The highest BCUT2D eigenvalue weighted by molar-refractivity contribution is 7.92. The number of sulfonamides is 1. The van der Waals surface area contributed by atoms with Crippen LogP contribution in [0, 0.1) is 11.8 Å². The molecule has 0 unspecified atom stereocenters. The second kappa shape index (κ2) is 7.16. The van der Waals surface area contributed by atoms with Crippen molar-refractivity contribution in [2.24, 2.45) is 11.8 Å². The standard InChI is InChI=1S/C18H25ClN2O3S/c1-3-17(18(22)20-16-10-12-7-8-13(16)9-12)21(25(2,23)24)15-6-4-5-14(19)11-15/h4-6,11-13,16-17H,3,7-10H2,1-2H3,(H,20,22)/t12-,13-,16-,17+/m1/s1. The molecule has 1 N–H and O–H groups in total. The van der Waals surface area contributed by atoms with Crippen LogP contribution >= 0.6 is 11.6 Å². The highest BCUT2D eigenvalue weighted by Gasteiger charge is 2.41. The average molecular weight is 385 g/mol. The summed E-state index contributed by atoms with van der Waals surface area (Å²) in [6, 6.07) is 6.03. The van der Waals surface area contributed by atoms with Crippen molar-refractivity contribution in [3.63, 3.8) is 0 Å². The summed E-state index contributed by atoms with van der Waals surface area (Å²) in [6.07, 6.45) is 6.14. The number of nitrogens with one attached hydrogen (secondary N) is 1. The van der Waals surface area contributed by atoms with Gasteiger partial charge in [-0.25, -0.2) is 8.42 Å². The molecule has 0 saturated heterocycles. The Labute approximate surface area is 154 Å². The van der Waals surface area contributed by atoms with Crippen molar-refractivity contribution in [2.75, 3.05) is 10.6 Å². The summed E-state index contributed by atoms with van der Waals surface area (Å²) in [6.45, 7) is 1.83. The molecule has 2 aliphatic carbocycles. The van der Waals surface area contributed by atoms with Crippen LogP contribution in [0.15, 0.2) is 24.3 Å². The van der Waals surface area contributed by atoms with E-state index in [9.17, 15) is 13.2 Å². The van der Waals surface area contributed by atoms with Crippen LogP contribution in [0.2, 0.25) is 5.02 Å². The minimum absolute atomic E-state index is 0.182. The van der Waals surface area contributed by atoms with Crippen molar-refractivity contribution < 1.29 is 13.2 Å². The predicted molar refractivity (Wildman–Crippen MR) is 100 cm³/mol. The molecule has 1 aromatic rings. The lowest BCUT2D eigenvalue weighted by atomic mass is 9.95. The second-order valence-electron chi connectivity index (χ2n) is 7.25. The molecule has 2 bridgehead atoms. The minimum Gasteiger partial charge on any atom is -0.351 e. The van der Waals surface area contributed by atoms with Crippen LogP contribution in [-0.4, -0.2) is 32.7 Å². The zero-order valence-corrected chi connectivity index (χ0v) is 16.2. The quantitative estimate of drug-likeness (QED) is 0.819. The smallest absolute Gasteiger partial charge is 0.244 e. The molecule has 3 rings (SSSR count). The molecular weight excluding hydrogens is 360 g/mol. The normalized spacial score (nSPS) is 26.4. The number of nitrogens with zero attached hydrogens (tertiary/aromatic N) is 1. The van der Waals surface area contributed by atoms with Crippen LogP contribution in [0.1, 0.15) is 39.0 Å². The van der Waals surface area contributed by atoms with Crippen molar-refractivity contribution in [1.82, 2.24) is 5.32 Å². The number of carbonyl (C=O) groups excluding carboxylic acids is 1. The molecule has 2 aliphatic rings. The van der Waals surface area contributed by atoms with E-state index in [2.05, 4.69) is 5.32 Å². The minimum atomic E-state index is -3.62. The van der Waals surface area contributed by atoms with Crippen LogP contribution in [0.3, 0.4) is 0 Å². The van der Waals surface area contributed by atoms with Gasteiger partial charge in [0, 0.05) is 11.1 Å². The van der Waals surface area contributed by atoms with Crippen LogP contribution < -0.4 is 9.62 Å². The number of hydrogen-bond donors (Lipinski definition) is 1. The van der Waals surface area contributed by atoms with Crippen molar-refractivity contribution in [1.29, 1.82) is 0 Å². The first kappa shape index (κ1) is 18.5. The van der Waals surface area contributed by atoms with Gasteiger partial charge in [0.15, 0.2) is 0 Å². The lowest BCUT2D eigenvalue weighted by molar-refractivity contribution is -0.123. The third-order valence-electron chi connectivity index (χ3n) is 5.46. The Hall–Kier alpha value is -1.27. The topological polar surface area (TPSA) is 66.5 Å². The van der Waals surface area contributed by atoms with Crippen molar-refractivity contribution >= 4 is 33.2 Å². The Kier molecular flexibility index (Phi) is 5.30. The molecule has 1 amide bonds. The van der Waals surface area contributed by atoms with Gasteiger partial charge < -0.3 is 5.32 Å². The number of benzene rings is 1. The third kappa shape index (κ3) is 3.95. The molecule has 25 heavy (non-hydrogen) atoms. The zero-order chi connectivity index (χ0) is 18.2. The molecule has 138 valence electrons. The Morgan fingerprint density at radius 1 is 1.36 bits per heavy atom. The molecular formula is C18H25ClN2O3S. The Bertz CT molecular complexity index is 752. The Balaban J connectivity index is 1.83. The van der Waals surface area contributed by atoms with E-state index in [4.69, 9.17) is 11.6 Å². The molecule has 0 aromatic heterocycles. The van der Waals surface area contributed by atoms with Gasteiger partial charge in [-0.15, -0.1) is 0 Å². The largest absolute Gasteiger partial charge is 0.351 e. The van der Waals surface area contributed by atoms with Crippen LogP contribution in [0.4, 0.5) is 5.69 Å². The van der Waals surface area contributed by atoms with E-state index >= 15 is 0 Å². The van der Waals surface area contributed by atoms with Gasteiger partial charge in [-0.1, -0.05) is 31.0 Å². The Morgan fingerprint density at radius 3 is 2.64 bits per heavy atom. The van der Waals surface area contributed by atoms with E-state index in [1.54, 1.807) is 24.3 Å². The highest BCUT2D eigenvalue weighted by Crippen LogP contribution is 2.44. The zero-order valence-electron chi connectivity index (χ0n) is 14.6. The van der Waals surface area contributed by atoms with E-state index in [1.807, 2.05) is 6.92 Å². The summed E-state index contributed by atoms with van der Waals surface area (Å²) >= 11 is 6.02. The van der Waals surface area contributed by atoms with Crippen molar-refractivity contribution in [2.45, 2.75) is 51.1 Å². The van der Waals surface area contributed by atoms with Gasteiger partial charge in [-0.2, -0.15) is 0 Å². The number of anilines is 1. The van der Waals surface area contributed by atoms with E-state index in [-0.39, 0.29) is 11.9 Å². The Morgan fingerprint density at radius 2 is 2.12 bits per heavy atom. The third-order valence-corrected chi connectivity index (χ3v) is 6.87. The number of rotatable bonds is 6. The highest BCUT2D eigenvalue weighted by atomic mass is 35.5. The van der Waals surface area contributed by atoms with Gasteiger partial charge in [0.25, 0.3) is 0 Å². The molecule has 2 saturated carbocycles. The molecule has 0 radical (unpaired) electrons. The van der Waals surface area contributed by atoms with Crippen LogP contribution in [-0.2, 0) is 14.8 Å². The van der Waals surface area contributed by atoms with Gasteiger partial charge in [0.2, 0.25) is 15.9 Å². The maximum Gasteiger partial charge on any atom is 0.244 e. The maximum atomic E-state index is 12.9. The molecule has 1 aromatic carbocycles. The number of carbonyl (C=O) groups is 1. The van der Waals surface area contributed by atoms with Gasteiger partial charge in [0.1, 0.15) is 6.04 Å². The fourth-order valence-corrected chi connectivity index (χ4v) is 5.76. The predicted octanol–water partition coefficient (Wildman–Crippen LogP) is 3.19. The molecule has 7 heteroatoms. The average Bonchev–Trinajstić information content (AvgIpc) is 3.13. The first-order valence-electron chi connectivity index (χ1n) is 8.85. The van der Waals surface area contributed by atoms with Gasteiger partial charge in [-0.05, 0) is 55.7 Å². The lowest BCUT2D eigenvalue weighted by Gasteiger charge is -2.32. The molecule has 0 heterocycles. The van der Waals surface area contributed by atoms with E-state index in [0.717, 1.165) is 19.1 Å². The van der Waals surface area contributed by atoms with Crippen LogP contribution in [0.5, 0.6) is 0 Å². The SMILES string of the molecule is CC[C@@H](C(=O)N[C@@H]1C[C@@H]2CC[C@@H]1C2)N(c1cccc(Cl)c1)S(C)(=O)=O. The van der Waals surface area contributed by atoms with E-state index in [0.29, 0.717) is 29.0 Å². The summed E-state index contributed by atoms with van der Waals surface area (Å²) in [5, 5.41) is 3.56. The molecule has 2 fully saturated rings.